The fourth-order valence-corrected chi connectivity index (χ4v) is 3.30. The van der Waals surface area contributed by atoms with Crippen molar-refractivity contribution in [3.63, 3.8) is 0 Å². The number of carbonyl (C=O) groups excluding carboxylic acids is 2. The van der Waals surface area contributed by atoms with E-state index in [1.165, 1.54) is 4.68 Å². The van der Waals surface area contributed by atoms with E-state index in [1.807, 2.05) is 6.92 Å². The molecule has 1 atom stereocenters. The number of ether oxygens (including phenoxy) is 1. The summed E-state index contributed by atoms with van der Waals surface area (Å²) < 4.78 is 6.83. The van der Waals surface area contributed by atoms with Gasteiger partial charge in [-0.25, -0.2) is 14.5 Å². The maximum atomic E-state index is 12.5. The van der Waals surface area contributed by atoms with E-state index in [4.69, 9.17) is 16.3 Å². The van der Waals surface area contributed by atoms with Crippen LogP contribution in [0.1, 0.15) is 38.4 Å². The summed E-state index contributed by atoms with van der Waals surface area (Å²) in [5.74, 6) is 0.300. The molecule has 1 aliphatic rings. The van der Waals surface area contributed by atoms with Crippen LogP contribution in [0.4, 0.5) is 16.3 Å². The highest BCUT2D eigenvalue weighted by atomic mass is 35.5. The number of aryl methyl sites for hydroxylation is 1. The quantitative estimate of drug-likeness (QED) is 0.538. The summed E-state index contributed by atoms with van der Waals surface area (Å²) in [7, 11) is 1.64. The van der Waals surface area contributed by atoms with Crippen LogP contribution in [-0.2, 0) is 16.6 Å². The number of pyridine rings is 2. The average Bonchev–Trinajstić information content (AvgIpc) is 3.43. The first-order valence-corrected chi connectivity index (χ1v) is 10.4. The van der Waals surface area contributed by atoms with Crippen molar-refractivity contribution in [2.45, 2.75) is 32.8 Å². The molecule has 11 heteroatoms. The third kappa shape index (κ3) is 4.54. The Morgan fingerprint density at radius 1 is 1.22 bits per heavy atom. The Morgan fingerprint density at radius 2 is 2.00 bits per heavy atom. The molecule has 4 rings (SSSR count). The van der Waals surface area contributed by atoms with Crippen LogP contribution in [0.3, 0.4) is 0 Å². The van der Waals surface area contributed by atoms with Crippen molar-refractivity contribution in [2.75, 3.05) is 10.6 Å². The molecule has 2 N–H and O–H groups in total. The van der Waals surface area contributed by atoms with Gasteiger partial charge in [-0.2, -0.15) is 0 Å². The van der Waals surface area contributed by atoms with Gasteiger partial charge in [-0.3, -0.25) is 15.1 Å². The summed E-state index contributed by atoms with van der Waals surface area (Å²) in [6, 6.07) is 6.88. The standard InChI is InChI=1S/C21H22ClN7O3/c1-12(14-5-4-10-23-17(14)22)32-20(31)26-18-16(27-28-29(18)3)15-7-6-13(11-24-15)25-19(30)21(2)8-9-21/h4-7,10-12H,8-9H2,1-3H3,(H,25,30)(H,26,31)/t12-/m1/s1. The van der Waals surface area contributed by atoms with Crippen LogP contribution in [0.5, 0.6) is 0 Å². The van der Waals surface area contributed by atoms with Gasteiger partial charge in [-0.05, 0) is 38.0 Å². The zero-order chi connectivity index (χ0) is 22.9. The van der Waals surface area contributed by atoms with Crippen LogP contribution in [0.2, 0.25) is 5.15 Å². The van der Waals surface area contributed by atoms with Crippen molar-refractivity contribution < 1.29 is 14.3 Å². The van der Waals surface area contributed by atoms with Crippen LogP contribution in [0.15, 0.2) is 36.7 Å². The van der Waals surface area contributed by atoms with Gasteiger partial charge in [0.15, 0.2) is 11.5 Å². The van der Waals surface area contributed by atoms with Crippen molar-refractivity contribution in [3.05, 3.63) is 47.4 Å². The zero-order valence-corrected chi connectivity index (χ0v) is 18.6. The maximum absolute atomic E-state index is 12.5. The number of rotatable bonds is 6. The van der Waals surface area contributed by atoms with E-state index in [9.17, 15) is 9.59 Å². The molecule has 166 valence electrons. The van der Waals surface area contributed by atoms with Crippen molar-refractivity contribution in [2.24, 2.45) is 12.5 Å². The number of hydrogen-bond donors (Lipinski definition) is 2. The van der Waals surface area contributed by atoms with Crippen LogP contribution in [-0.4, -0.2) is 37.0 Å². The van der Waals surface area contributed by atoms with E-state index in [0.717, 1.165) is 12.8 Å². The third-order valence-corrected chi connectivity index (χ3v) is 5.68. The predicted octanol–water partition coefficient (Wildman–Crippen LogP) is 3.97. The molecular formula is C21H22ClN7O3. The zero-order valence-electron chi connectivity index (χ0n) is 17.8. The number of carbonyl (C=O) groups is 2. The molecule has 1 aliphatic carbocycles. The molecular weight excluding hydrogens is 434 g/mol. The molecule has 1 saturated carbocycles. The SMILES string of the molecule is C[C@@H](OC(=O)Nc1c(-c2ccc(NC(=O)C3(C)CC3)cn2)nnn1C)c1cccnc1Cl. The van der Waals surface area contributed by atoms with Crippen LogP contribution in [0.25, 0.3) is 11.4 Å². The number of halogens is 1. The molecule has 0 spiro atoms. The summed E-state index contributed by atoms with van der Waals surface area (Å²) in [6.45, 7) is 3.63. The van der Waals surface area contributed by atoms with Crippen molar-refractivity contribution in [1.29, 1.82) is 0 Å². The number of aromatic nitrogens is 5. The van der Waals surface area contributed by atoms with Crippen molar-refractivity contribution in [3.8, 4) is 11.4 Å². The van der Waals surface area contributed by atoms with Crippen LogP contribution in [0, 0.1) is 5.41 Å². The largest absolute Gasteiger partial charge is 0.441 e. The maximum Gasteiger partial charge on any atom is 0.413 e. The molecule has 3 heterocycles. The number of hydrogen-bond acceptors (Lipinski definition) is 7. The van der Waals surface area contributed by atoms with E-state index in [2.05, 4.69) is 30.9 Å². The van der Waals surface area contributed by atoms with Gasteiger partial charge in [0, 0.05) is 24.2 Å². The fraction of sp³-hybridized carbons (Fsp3) is 0.333. The topological polar surface area (TPSA) is 124 Å². The number of nitrogens with zero attached hydrogens (tertiary/aromatic N) is 5. The predicted molar refractivity (Wildman–Crippen MR) is 118 cm³/mol. The average molecular weight is 456 g/mol. The Hall–Kier alpha value is -3.53. The molecule has 2 amide bonds. The molecule has 1 fully saturated rings. The number of nitrogens with one attached hydrogen (secondary N) is 2. The Labute approximate surface area is 189 Å². The Morgan fingerprint density at radius 3 is 2.66 bits per heavy atom. The van der Waals surface area contributed by atoms with Gasteiger partial charge in [0.25, 0.3) is 0 Å². The Bertz CT molecular complexity index is 1160. The van der Waals surface area contributed by atoms with Gasteiger partial charge in [0.1, 0.15) is 11.3 Å². The highest BCUT2D eigenvalue weighted by Gasteiger charge is 2.44. The summed E-state index contributed by atoms with van der Waals surface area (Å²) in [5, 5.41) is 13.8. The van der Waals surface area contributed by atoms with Crippen molar-refractivity contribution >= 4 is 35.1 Å². The molecule has 10 nitrogen and oxygen atoms in total. The van der Waals surface area contributed by atoms with Crippen LogP contribution < -0.4 is 10.6 Å². The molecule has 0 saturated heterocycles. The second-order valence-corrected chi connectivity index (χ2v) is 8.27. The molecule has 0 bridgehead atoms. The minimum atomic E-state index is -0.703. The smallest absolute Gasteiger partial charge is 0.413 e. The molecule has 0 aliphatic heterocycles. The minimum absolute atomic E-state index is 0.0144. The lowest BCUT2D eigenvalue weighted by molar-refractivity contribution is -0.120. The molecule has 3 aromatic heterocycles. The Balaban J connectivity index is 1.45. The van der Waals surface area contributed by atoms with Gasteiger partial charge < -0.3 is 10.1 Å². The number of anilines is 2. The summed E-state index contributed by atoms with van der Waals surface area (Å²) in [4.78, 5) is 33.0. The molecule has 0 radical (unpaired) electrons. The van der Waals surface area contributed by atoms with Gasteiger partial charge in [-0.15, -0.1) is 5.10 Å². The second-order valence-electron chi connectivity index (χ2n) is 7.91. The number of amides is 2. The van der Waals surface area contributed by atoms with Gasteiger partial charge in [-0.1, -0.05) is 29.8 Å². The molecule has 32 heavy (non-hydrogen) atoms. The minimum Gasteiger partial charge on any atom is -0.441 e. The highest BCUT2D eigenvalue weighted by molar-refractivity contribution is 6.30. The van der Waals surface area contributed by atoms with Crippen molar-refractivity contribution in [1.82, 2.24) is 25.0 Å². The van der Waals surface area contributed by atoms with E-state index in [-0.39, 0.29) is 16.5 Å². The van der Waals surface area contributed by atoms with Gasteiger partial charge in [0.05, 0.1) is 17.6 Å². The second kappa shape index (κ2) is 8.54. The van der Waals surface area contributed by atoms with E-state index >= 15 is 0 Å². The van der Waals surface area contributed by atoms with E-state index in [0.29, 0.717) is 28.5 Å². The monoisotopic (exact) mass is 455 g/mol. The summed E-state index contributed by atoms with van der Waals surface area (Å²) in [6.07, 6.45) is 3.56. The van der Waals surface area contributed by atoms with Gasteiger partial charge >= 0.3 is 6.09 Å². The summed E-state index contributed by atoms with van der Waals surface area (Å²) >= 11 is 6.07. The lowest BCUT2D eigenvalue weighted by atomic mass is 10.1. The molecule has 0 aromatic carbocycles. The lowest BCUT2D eigenvalue weighted by Gasteiger charge is -2.15. The lowest BCUT2D eigenvalue weighted by Crippen LogP contribution is -2.21. The Kier molecular flexibility index (Phi) is 5.79. The third-order valence-electron chi connectivity index (χ3n) is 5.37. The molecule has 0 unspecified atom stereocenters. The molecule has 3 aromatic rings. The first-order valence-electron chi connectivity index (χ1n) is 10.0. The first-order chi connectivity index (χ1) is 15.3. The summed E-state index contributed by atoms with van der Waals surface area (Å²) in [5.41, 5.74) is 1.74. The highest BCUT2D eigenvalue weighted by Crippen LogP contribution is 2.45. The fourth-order valence-electron chi connectivity index (χ4n) is 3.03. The van der Waals surface area contributed by atoms with E-state index in [1.54, 1.807) is 50.6 Å². The van der Waals surface area contributed by atoms with Crippen LogP contribution >= 0.6 is 11.6 Å². The van der Waals surface area contributed by atoms with Gasteiger partial charge in [0.2, 0.25) is 5.91 Å². The van der Waals surface area contributed by atoms with E-state index < -0.39 is 12.2 Å². The first kappa shape index (κ1) is 21.7. The normalized spacial score (nSPS) is 15.0.